The predicted molar refractivity (Wildman–Crippen MR) is 56.8 cm³/mol. The molecule has 0 saturated heterocycles. The third-order valence-corrected chi connectivity index (χ3v) is 4.08. The third kappa shape index (κ3) is 2.95. The number of aromatic nitrogens is 2. The highest BCUT2D eigenvalue weighted by Crippen LogP contribution is 2.28. The molecule has 0 aliphatic heterocycles. The summed E-state index contributed by atoms with van der Waals surface area (Å²) in [7, 11) is 0. The fraction of sp³-hybridized carbons (Fsp3) is 0.625. The molecule has 2 atom stereocenters. The zero-order valence-electron chi connectivity index (χ0n) is 8.22. The van der Waals surface area contributed by atoms with Crippen LogP contribution in [0.15, 0.2) is 4.34 Å². The Morgan fingerprint density at radius 2 is 2.21 bits per heavy atom. The monoisotopic (exact) mass is 232 g/mol. The molecule has 2 unspecified atom stereocenters. The molecular weight excluding hydrogens is 220 g/mol. The van der Waals surface area contributed by atoms with Gasteiger partial charge in [-0.05, 0) is 18.5 Å². The number of carboxylic acid groups (broad SMARTS) is 1. The van der Waals surface area contributed by atoms with Crippen LogP contribution in [0.3, 0.4) is 0 Å². The number of aryl methyl sites for hydroxylation is 1. The Labute approximate surface area is 90.9 Å². The van der Waals surface area contributed by atoms with Crippen LogP contribution in [0.2, 0.25) is 0 Å². The van der Waals surface area contributed by atoms with Crippen LogP contribution in [-0.4, -0.2) is 25.7 Å². The van der Waals surface area contributed by atoms with Crippen molar-refractivity contribution in [1.29, 1.82) is 0 Å². The quantitative estimate of drug-likeness (QED) is 0.805. The van der Waals surface area contributed by atoms with Crippen molar-refractivity contribution in [3.8, 4) is 0 Å². The van der Waals surface area contributed by atoms with Gasteiger partial charge in [0.05, 0.1) is 5.92 Å². The maximum atomic E-state index is 10.7. The van der Waals surface area contributed by atoms with Crippen LogP contribution >= 0.6 is 23.3 Å². The first kappa shape index (κ1) is 11.5. The van der Waals surface area contributed by atoms with Gasteiger partial charge >= 0.3 is 5.97 Å². The summed E-state index contributed by atoms with van der Waals surface area (Å²) in [5.74, 6) is -0.400. The Kier molecular flexibility index (Phi) is 3.88. The van der Waals surface area contributed by atoms with Gasteiger partial charge in [-0.15, -0.1) is 0 Å². The van der Waals surface area contributed by atoms with E-state index in [1.165, 1.54) is 23.3 Å². The molecule has 0 fully saturated rings. The lowest BCUT2D eigenvalue weighted by Gasteiger charge is -2.12. The number of hydrogen-bond donors (Lipinski definition) is 1. The fourth-order valence-electron chi connectivity index (χ4n) is 0.788. The second-order valence-electron chi connectivity index (χ2n) is 3.06. The van der Waals surface area contributed by atoms with E-state index < -0.39 is 5.97 Å². The number of aliphatic carboxylic acids is 1. The third-order valence-electron chi connectivity index (χ3n) is 1.89. The molecule has 1 heterocycles. The van der Waals surface area contributed by atoms with E-state index >= 15 is 0 Å². The molecule has 0 aliphatic carbocycles. The molecule has 78 valence electrons. The van der Waals surface area contributed by atoms with Crippen molar-refractivity contribution >= 4 is 29.3 Å². The topological polar surface area (TPSA) is 63.1 Å². The molecule has 1 aromatic rings. The zero-order chi connectivity index (χ0) is 10.7. The molecule has 1 N–H and O–H groups in total. The number of carbonyl (C=O) groups is 1. The summed E-state index contributed by atoms with van der Waals surface area (Å²) in [6, 6.07) is 0. The zero-order valence-corrected chi connectivity index (χ0v) is 9.85. The summed E-state index contributed by atoms with van der Waals surface area (Å²) in [5.41, 5.74) is 0. The van der Waals surface area contributed by atoms with Gasteiger partial charge in [0, 0.05) is 5.25 Å². The molecule has 1 rings (SSSR count). The lowest BCUT2D eigenvalue weighted by atomic mass is 10.1. The summed E-state index contributed by atoms with van der Waals surface area (Å²) in [6.07, 6.45) is 0. The van der Waals surface area contributed by atoms with E-state index in [9.17, 15) is 4.79 Å². The summed E-state index contributed by atoms with van der Waals surface area (Å²) in [6.45, 7) is 5.42. The highest BCUT2D eigenvalue weighted by molar-refractivity contribution is 8.01. The SMILES string of the molecule is Cc1nsc(SC(C)C(C)C(=O)O)n1. The molecule has 14 heavy (non-hydrogen) atoms. The van der Waals surface area contributed by atoms with Gasteiger partial charge in [-0.3, -0.25) is 4.79 Å². The number of hydrogen-bond acceptors (Lipinski definition) is 5. The molecule has 1 aromatic heterocycles. The van der Waals surface area contributed by atoms with Gasteiger partial charge in [-0.2, -0.15) is 4.37 Å². The second-order valence-corrected chi connectivity index (χ2v) is 5.43. The first-order valence-electron chi connectivity index (χ1n) is 4.20. The molecular formula is C8H12N2O2S2. The van der Waals surface area contributed by atoms with E-state index in [2.05, 4.69) is 9.36 Å². The van der Waals surface area contributed by atoms with Crippen molar-refractivity contribution < 1.29 is 9.90 Å². The Hall–Kier alpha value is -0.620. The molecule has 0 amide bonds. The average Bonchev–Trinajstić information content (AvgIpc) is 2.49. The van der Waals surface area contributed by atoms with Gasteiger partial charge in [0.1, 0.15) is 5.82 Å². The van der Waals surface area contributed by atoms with E-state index in [-0.39, 0.29) is 11.2 Å². The van der Waals surface area contributed by atoms with Crippen LogP contribution in [0, 0.1) is 12.8 Å². The van der Waals surface area contributed by atoms with Gasteiger partial charge in [-0.25, -0.2) is 4.98 Å². The Morgan fingerprint density at radius 1 is 1.57 bits per heavy atom. The maximum Gasteiger partial charge on any atom is 0.307 e. The Balaban J connectivity index is 2.56. The first-order valence-corrected chi connectivity index (χ1v) is 5.85. The van der Waals surface area contributed by atoms with E-state index in [1.54, 1.807) is 6.92 Å². The van der Waals surface area contributed by atoms with Crippen molar-refractivity contribution in [2.45, 2.75) is 30.4 Å². The fourth-order valence-corrected chi connectivity index (χ4v) is 2.77. The summed E-state index contributed by atoms with van der Waals surface area (Å²) >= 11 is 2.78. The van der Waals surface area contributed by atoms with Crippen LogP contribution < -0.4 is 0 Å². The van der Waals surface area contributed by atoms with Crippen LogP contribution in [0.1, 0.15) is 19.7 Å². The first-order chi connectivity index (χ1) is 6.50. The van der Waals surface area contributed by atoms with Gasteiger partial charge in [-0.1, -0.05) is 25.6 Å². The number of thioether (sulfide) groups is 1. The largest absolute Gasteiger partial charge is 0.481 e. The van der Waals surface area contributed by atoms with Crippen molar-refractivity contribution in [3.63, 3.8) is 0 Å². The van der Waals surface area contributed by atoms with Crippen molar-refractivity contribution in [2.75, 3.05) is 0 Å². The molecule has 0 saturated carbocycles. The smallest absolute Gasteiger partial charge is 0.307 e. The second kappa shape index (κ2) is 4.75. The number of rotatable bonds is 4. The molecule has 0 aromatic carbocycles. The Morgan fingerprint density at radius 3 is 2.64 bits per heavy atom. The lowest BCUT2D eigenvalue weighted by molar-refractivity contribution is -0.140. The predicted octanol–water partition coefficient (Wildman–Crippen LogP) is 2.05. The Bertz CT molecular complexity index is 327. The van der Waals surface area contributed by atoms with E-state index in [0.717, 1.165) is 10.2 Å². The van der Waals surface area contributed by atoms with E-state index in [0.29, 0.717) is 0 Å². The van der Waals surface area contributed by atoms with Crippen LogP contribution in [0.5, 0.6) is 0 Å². The van der Waals surface area contributed by atoms with Gasteiger partial charge in [0.25, 0.3) is 0 Å². The van der Waals surface area contributed by atoms with Crippen LogP contribution in [-0.2, 0) is 4.79 Å². The summed E-state index contributed by atoms with van der Waals surface area (Å²) in [5, 5.41) is 8.80. The average molecular weight is 232 g/mol. The number of nitrogens with zero attached hydrogens (tertiary/aromatic N) is 2. The molecule has 0 aliphatic rings. The van der Waals surface area contributed by atoms with Crippen molar-refractivity contribution in [1.82, 2.24) is 9.36 Å². The molecule has 4 nitrogen and oxygen atoms in total. The normalized spacial score (nSPS) is 15.1. The van der Waals surface area contributed by atoms with Gasteiger partial charge < -0.3 is 5.11 Å². The van der Waals surface area contributed by atoms with E-state index in [4.69, 9.17) is 5.11 Å². The minimum absolute atomic E-state index is 0.0137. The minimum Gasteiger partial charge on any atom is -0.481 e. The maximum absolute atomic E-state index is 10.7. The minimum atomic E-state index is -0.772. The number of carboxylic acids is 1. The standard InChI is InChI=1S/C8H12N2O2S2/c1-4(7(11)12)5(2)13-8-9-6(3)10-14-8/h4-5H,1-3H3,(H,11,12). The highest BCUT2D eigenvalue weighted by Gasteiger charge is 2.21. The van der Waals surface area contributed by atoms with Crippen molar-refractivity contribution in [2.24, 2.45) is 5.92 Å². The van der Waals surface area contributed by atoms with E-state index in [1.807, 2.05) is 13.8 Å². The molecule has 6 heteroatoms. The van der Waals surface area contributed by atoms with Crippen LogP contribution in [0.25, 0.3) is 0 Å². The van der Waals surface area contributed by atoms with Crippen LogP contribution in [0.4, 0.5) is 0 Å². The lowest BCUT2D eigenvalue weighted by Crippen LogP contribution is -2.19. The summed E-state index contributed by atoms with van der Waals surface area (Å²) in [4.78, 5) is 14.9. The highest BCUT2D eigenvalue weighted by atomic mass is 32.2. The summed E-state index contributed by atoms with van der Waals surface area (Å²) < 4.78 is 4.87. The van der Waals surface area contributed by atoms with Gasteiger partial charge in [0.15, 0.2) is 4.34 Å². The molecule has 0 radical (unpaired) electrons. The molecule has 0 bridgehead atoms. The van der Waals surface area contributed by atoms with Gasteiger partial charge in [0.2, 0.25) is 0 Å². The molecule has 0 spiro atoms. The van der Waals surface area contributed by atoms with Crippen molar-refractivity contribution in [3.05, 3.63) is 5.82 Å².